The van der Waals surface area contributed by atoms with Crippen molar-refractivity contribution in [3.8, 4) is 0 Å². The molecular formula is C18H14BrF3N2O3S. The van der Waals surface area contributed by atoms with E-state index in [4.69, 9.17) is 0 Å². The summed E-state index contributed by atoms with van der Waals surface area (Å²) in [6, 6.07) is 9.25. The third-order valence-electron chi connectivity index (χ3n) is 4.91. The minimum Gasteiger partial charge on any atom is -0.288 e. The quantitative estimate of drug-likeness (QED) is 0.616. The van der Waals surface area contributed by atoms with Crippen LogP contribution in [0.15, 0.2) is 53.0 Å². The van der Waals surface area contributed by atoms with Gasteiger partial charge in [-0.05, 0) is 36.4 Å². The molecular weight excluding hydrogens is 461 g/mol. The molecule has 2 aromatic rings. The fourth-order valence-electron chi connectivity index (χ4n) is 3.77. The third kappa shape index (κ3) is 3.28. The van der Waals surface area contributed by atoms with Gasteiger partial charge >= 0.3 is 12.2 Å². The summed E-state index contributed by atoms with van der Waals surface area (Å²) in [6.45, 7) is 0. The Morgan fingerprint density at radius 1 is 0.929 bits per heavy atom. The van der Waals surface area contributed by atoms with E-state index in [1.807, 2.05) is 0 Å². The Balaban J connectivity index is 1.81. The van der Waals surface area contributed by atoms with Gasteiger partial charge in [0, 0.05) is 15.8 Å². The Bertz CT molecular complexity index is 1060. The van der Waals surface area contributed by atoms with E-state index >= 15 is 0 Å². The zero-order valence-corrected chi connectivity index (χ0v) is 16.6. The van der Waals surface area contributed by atoms with Crippen molar-refractivity contribution in [1.29, 1.82) is 0 Å². The summed E-state index contributed by atoms with van der Waals surface area (Å²) in [5.41, 5.74) is -0.374. The van der Waals surface area contributed by atoms with Gasteiger partial charge in [-0.15, -0.1) is 0 Å². The monoisotopic (exact) mass is 474 g/mol. The number of urea groups is 1. The highest BCUT2D eigenvalue weighted by molar-refractivity contribution is 9.10. The lowest BCUT2D eigenvalue weighted by atomic mass is 10.1. The fraction of sp³-hybridized carbons (Fsp3) is 0.278. The zero-order chi connectivity index (χ0) is 20.3. The number of fused-ring (bicyclic) bond motifs is 1. The van der Waals surface area contributed by atoms with Crippen molar-refractivity contribution >= 4 is 43.2 Å². The maximum atomic E-state index is 13.2. The summed E-state index contributed by atoms with van der Waals surface area (Å²) < 4.78 is 64.5. The van der Waals surface area contributed by atoms with Gasteiger partial charge in [-0.25, -0.2) is 13.2 Å². The average Bonchev–Trinajstić information content (AvgIpc) is 3.02. The van der Waals surface area contributed by atoms with Gasteiger partial charge < -0.3 is 0 Å². The highest BCUT2D eigenvalue weighted by atomic mass is 79.9. The summed E-state index contributed by atoms with van der Waals surface area (Å²) >= 11 is 3.32. The second-order valence-electron chi connectivity index (χ2n) is 6.76. The molecule has 0 spiro atoms. The number of halogens is 4. The Morgan fingerprint density at radius 2 is 1.46 bits per heavy atom. The van der Waals surface area contributed by atoms with Gasteiger partial charge in [0.05, 0.1) is 29.2 Å². The van der Waals surface area contributed by atoms with Crippen LogP contribution in [0.2, 0.25) is 0 Å². The van der Waals surface area contributed by atoms with Crippen LogP contribution in [0.1, 0.15) is 5.56 Å². The van der Waals surface area contributed by atoms with Crippen LogP contribution in [0.4, 0.5) is 29.3 Å². The number of carbonyl (C=O) groups is 1. The van der Waals surface area contributed by atoms with Gasteiger partial charge in [0.15, 0.2) is 9.84 Å². The Morgan fingerprint density at radius 3 is 2.00 bits per heavy atom. The van der Waals surface area contributed by atoms with Gasteiger partial charge in [-0.3, -0.25) is 9.80 Å². The first-order chi connectivity index (χ1) is 13.1. The largest absolute Gasteiger partial charge is 0.416 e. The molecule has 2 fully saturated rings. The van der Waals surface area contributed by atoms with E-state index in [2.05, 4.69) is 15.9 Å². The molecule has 0 unspecified atom stereocenters. The lowest BCUT2D eigenvalue weighted by Crippen LogP contribution is -2.38. The SMILES string of the molecule is O=C1N(c2cccc(Br)c2)[C@H]2CS(=O)(=O)C[C@@H]2N1c1cccc(C(F)(F)F)c1. The van der Waals surface area contributed by atoms with Crippen LogP contribution >= 0.6 is 15.9 Å². The van der Waals surface area contributed by atoms with Crippen LogP contribution in [0.5, 0.6) is 0 Å². The number of nitrogens with zero attached hydrogens (tertiary/aromatic N) is 2. The van der Waals surface area contributed by atoms with Crippen molar-refractivity contribution in [2.75, 3.05) is 21.3 Å². The van der Waals surface area contributed by atoms with Gasteiger partial charge in [0.2, 0.25) is 0 Å². The molecule has 2 aliphatic heterocycles. The molecule has 4 rings (SSSR count). The number of carbonyl (C=O) groups excluding carboxylic acids is 1. The predicted molar refractivity (Wildman–Crippen MR) is 102 cm³/mol. The van der Waals surface area contributed by atoms with Gasteiger partial charge in [0.1, 0.15) is 0 Å². The molecule has 2 atom stereocenters. The van der Waals surface area contributed by atoms with Gasteiger partial charge in [0.25, 0.3) is 0 Å². The van der Waals surface area contributed by atoms with E-state index in [0.717, 1.165) is 12.1 Å². The molecule has 0 aliphatic carbocycles. The smallest absolute Gasteiger partial charge is 0.288 e. The first kappa shape index (κ1) is 19.3. The molecule has 148 valence electrons. The van der Waals surface area contributed by atoms with Crippen molar-refractivity contribution in [3.63, 3.8) is 0 Å². The highest BCUT2D eigenvalue weighted by Crippen LogP contribution is 2.40. The molecule has 2 heterocycles. The first-order valence-electron chi connectivity index (χ1n) is 8.32. The molecule has 2 saturated heterocycles. The fourth-order valence-corrected chi connectivity index (χ4v) is 6.07. The van der Waals surface area contributed by atoms with E-state index in [9.17, 15) is 26.4 Å². The van der Waals surface area contributed by atoms with Crippen molar-refractivity contribution < 1.29 is 26.4 Å². The predicted octanol–water partition coefficient (Wildman–Crippen LogP) is 4.08. The van der Waals surface area contributed by atoms with Gasteiger partial charge in [-0.1, -0.05) is 28.1 Å². The molecule has 0 bridgehead atoms. The number of hydrogen-bond donors (Lipinski definition) is 0. The van der Waals surface area contributed by atoms with Gasteiger partial charge in [-0.2, -0.15) is 13.2 Å². The van der Waals surface area contributed by atoms with Crippen molar-refractivity contribution in [2.24, 2.45) is 0 Å². The van der Waals surface area contributed by atoms with Crippen LogP contribution in [0.25, 0.3) is 0 Å². The minimum atomic E-state index is -4.57. The van der Waals surface area contributed by atoms with Crippen LogP contribution in [0.3, 0.4) is 0 Å². The van der Waals surface area contributed by atoms with Crippen LogP contribution in [0, 0.1) is 0 Å². The number of benzene rings is 2. The topological polar surface area (TPSA) is 57.7 Å². The maximum Gasteiger partial charge on any atom is 0.416 e. The zero-order valence-electron chi connectivity index (χ0n) is 14.2. The second-order valence-corrected chi connectivity index (χ2v) is 9.83. The minimum absolute atomic E-state index is 0.0319. The van der Waals surface area contributed by atoms with E-state index < -0.39 is 39.7 Å². The summed E-state index contributed by atoms with van der Waals surface area (Å²) in [6.07, 6.45) is -4.57. The van der Waals surface area contributed by atoms with Crippen molar-refractivity contribution in [2.45, 2.75) is 18.3 Å². The number of anilines is 2. The van der Waals surface area contributed by atoms with E-state index in [0.29, 0.717) is 10.2 Å². The van der Waals surface area contributed by atoms with E-state index in [1.54, 1.807) is 24.3 Å². The summed E-state index contributed by atoms with van der Waals surface area (Å²) in [5.74, 6) is -0.518. The number of alkyl halides is 3. The van der Waals surface area contributed by atoms with Crippen molar-refractivity contribution in [1.82, 2.24) is 0 Å². The molecule has 0 aromatic heterocycles. The molecule has 5 nitrogen and oxygen atoms in total. The molecule has 10 heteroatoms. The molecule has 2 aromatic carbocycles. The number of rotatable bonds is 2. The lowest BCUT2D eigenvalue weighted by Gasteiger charge is -2.23. The molecule has 28 heavy (non-hydrogen) atoms. The molecule has 0 N–H and O–H groups in total. The van der Waals surface area contributed by atoms with E-state index in [1.165, 1.54) is 21.9 Å². The highest BCUT2D eigenvalue weighted by Gasteiger charge is 2.54. The maximum absolute atomic E-state index is 13.2. The Labute approximate surface area is 167 Å². The summed E-state index contributed by atoms with van der Waals surface area (Å²) in [5, 5.41) is 0. The molecule has 0 saturated carbocycles. The molecule has 2 aliphatic rings. The van der Waals surface area contributed by atoms with Crippen molar-refractivity contribution in [3.05, 3.63) is 58.6 Å². The second kappa shape index (κ2) is 6.48. The number of amides is 2. The third-order valence-corrected chi connectivity index (χ3v) is 7.10. The lowest BCUT2D eigenvalue weighted by molar-refractivity contribution is -0.137. The average molecular weight is 475 g/mol. The van der Waals surface area contributed by atoms with Crippen LogP contribution in [-0.2, 0) is 16.0 Å². The number of sulfone groups is 1. The Kier molecular flexibility index (Phi) is 4.46. The Hall–Kier alpha value is -2.07. The summed E-state index contributed by atoms with van der Waals surface area (Å²) in [4.78, 5) is 15.7. The number of hydrogen-bond acceptors (Lipinski definition) is 3. The van der Waals surface area contributed by atoms with E-state index in [-0.39, 0.29) is 17.2 Å². The van der Waals surface area contributed by atoms with Crippen LogP contribution in [-0.4, -0.2) is 38.0 Å². The normalized spacial score (nSPS) is 23.9. The van der Waals surface area contributed by atoms with Crippen LogP contribution < -0.4 is 9.80 Å². The first-order valence-corrected chi connectivity index (χ1v) is 10.9. The standard InChI is InChI=1S/C18H14BrF3N2O3S/c19-12-4-2-6-14(8-12)24-16-10-28(26,27)9-15(16)23(17(24)25)13-5-1-3-11(7-13)18(20,21)22/h1-8,15-16H,9-10H2/t15-,16-/m0/s1. The summed E-state index contributed by atoms with van der Waals surface area (Å²) in [7, 11) is -3.43. The molecule has 0 radical (unpaired) electrons. The molecule has 2 amide bonds.